The van der Waals surface area contributed by atoms with Crippen LogP contribution in [0.2, 0.25) is 0 Å². The van der Waals surface area contributed by atoms with Crippen molar-refractivity contribution >= 4 is 16.3 Å². The van der Waals surface area contributed by atoms with Crippen molar-refractivity contribution in [1.29, 1.82) is 0 Å². The maximum absolute atomic E-state index is 10.1. The predicted octanol–water partition coefficient (Wildman–Crippen LogP) is 3.58. The predicted molar refractivity (Wildman–Crippen MR) is 77.5 cm³/mol. The summed E-state index contributed by atoms with van der Waals surface area (Å²) >= 11 is 0. The fourth-order valence-corrected chi connectivity index (χ4v) is 2.44. The number of nitrogens with zero attached hydrogens (tertiary/aromatic N) is 1. The fourth-order valence-electron chi connectivity index (χ4n) is 2.44. The first kappa shape index (κ1) is 12.0. The lowest BCUT2D eigenvalue weighted by Gasteiger charge is -2.18. The van der Waals surface area contributed by atoms with Crippen LogP contribution in [0.5, 0.6) is 5.75 Å². The van der Waals surface area contributed by atoms with Gasteiger partial charge in [-0.3, -0.25) is 0 Å². The van der Waals surface area contributed by atoms with E-state index in [-0.39, 0.29) is 5.41 Å². The van der Waals surface area contributed by atoms with E-state index < -0.39 is 0 Å². The van der Waals surface area contributed by atoms with Gasteiger partial charge in [-0.2, -0.15) is 4.40 Å². The molecule has 0 unspecified atom stereocenters. The number of hydrogen-bond acceptors (Lipinski definition) is 1. The number of hydrogen-bond donors (Lipinski definition) is 1. The van der Waals surface area contributed by atoms with Gasteiger partial charge in [0.05, 0.1) is 5.39 Å². The average molecular weight is 252 g/mol. The maximum atomic E-state index is 10.1. The molecule has 1 aromatic carbocycles. The van der Waals surface area contributed by atoms with E-state index in [9.17, 15) is 5.11 Å². The van der Waals surface area contributed by atoms with E-state index in [1.807, 2.05) is 28.8 Å². The Hall–Kier alpha value is -2.09. The van der Waals surface area contributed by atoms with E-state index in [0.717, 1.165) is 16.3 Å². The number of rotatable bonds is 0. The van der Waals surface area contributed by atoms with Gasteiger partial charge in [0.25, 0.3) is 0 Å². The molecule has 0 saturated heterocycles. The molecule has 2 nitrogen and oxygen atoms in total. The van der Waals surface area contributed by atoms with E-state index >= 15 is 0 Å². The van der Waals surface area contributed by atoms with Crippen LogP contribution in [0, 0.1) is 0 Å². The molecule has 0 bridgehead atoms. The number of pyridine rings is 2. The van der Waals surface area contributed by atoms with Gasteiger partial charge in [-0.25, -0.2) is 0 Å². The molecule has 0 fully saturated rings. The first-order valence-electron chi connectivity index (χ1n) is 6.53. The topological polar surface area (TPSA) is 24.3 Å². The van der Waals surface area contributed by atoms with Crippen molar-refractivity contribution in [2.24, 2.45) is 0 Å². The fraction of sp³-hybridized carbons (Fsp3) is 0.235. The lowest BCUT2D eigenvalue weighted by Crippen LogP contribution is -2.23. The molecule has 19 heavy (non-hydrogen) atoms. The molecule has 3 aromatic rings. The summed E-state index contributed by atoms with van der Waals surface area (Å²) in [6.45, 7) is 6.63. The summed E-state index contributed by atoms with van der Waals surface area (Å²) in [6, 6.07) is 12.3. The van der Waals surface area contributed by atoms with E-state index in [1.165, 1.54) is 5.56 Å². The third-order valence-corrected chi connectivity index (χ3v) is 3.59. The SMILES string of the molecule is CC(C)(C)c1cc[n+]2cc(O)c3ccccc3c2c1. The Balaban J connectivity index is 2.44. The van der Waals surface area contributed by atoms with Gasteiger partial charge >= 0.3 is 0 Å². The van der Waals surface area contributed by atoms with Gasteiger partial charge < -0.3 is 5.11 Å². The molecule has 2 heterocycles. The largest absolute Gasteiger partial charge is 0.502 e. The highest BCUT2D eigenvalue weighted by atomic mass is 16.3. The summed E-state index contributed by atoms with van der Waals surface area (Å²) in [5.41, 5.74) is 2.54. The molecule has 0 aliphatic carbocycles. The minimum absolute atomic E-state index is 0.119. The Morgan fingerprint density at radius 3 is 2.37 bits per heavy atom. The molecule has 0 aliphatic rings. The van der Waals surface area contributed by atoms with Crippen molar-refractivity contribution in [2.75, 3.05) is 0 Å². The van der Waals surface area contributed by atoms with Crippen molar-refractivity contribution in [3.63, 3.8) is 0 Å². The zero-order chi connectivity index (χ0) is 13.6. The molecule has 2 aromatic heterocycles. The lowest BCUT2D eigenvalue weighted by atomic mass is 9.87. The molecular formula is C17H18NO+. The molecule has 3 rings (SSSR count). The summed E-state index contributed by atoms with van der Waals surface area (Å²) in [4.78, 5) is 0. The van der Waals surface area contributed by atoms with Crippen LogP contribution >= 0.6 is 0 Å². The third kappa shape index (κ3) is 1.93. The highest BCUT2D eigenvalue weighted by Gasteiger charge is 2.18. The van der Waals surface area contributed by atoms with Crippen LogP contribution in [-0.4, -0.2) is 5.11 Å². The van der Waals surface area contributed by atoms with Crippen LogP contribution in [0.25, 0.3) is 16.3 Å². The summed E-state index contributed by atoms with van der Waals surface area (Å²) in [6.07, 6.45) is 3.78. The van der Waals surface area contributed by atoms with Crippen LogP contribution in [0.1, 0.15) is 26.3 Å². The highest BCUT2D eigenvalue weighted by molar-refractivity contribution is 5.97. The molecular weight excluding hydrogens is 234 g/mol. The Morgan fingerprint density at radius 2 is 1.68 bits per heavy atom. The van der Waals surface area contributed by atoms with Crippen LogP contribution < -0.4 is 4.40 Å². The molecule has 1 N–H and O–H groups in total. The molecule has 0 atom stereocenters. The van der Waals surface area contributed by atoms with Crippen molar-refractivity contribution in [3.05, 3.63) is 54.4 Å². The molecule has 0 radical (unpaired) electrons. The van der Waals surface area contributed by atoms with Gasteiger partial charge in [-0.05, 0) is 17.0 Å². The average Bonchev–Trinajstić information content (AvgIpc) is 2.37. The summed E-state index contributed by atoms with van der Waals surface area (Å²) in [5.74, 6) is 0.316. The van der Waals surface area contributed by atoms with E-state index in [2.05, 4.69) is 39.0 Å². The number of aromatic hydroxyl groups is 1. The molecule has 2 heteroatoms. The second kappa shape index (κ2) is 3.95. The molecule has 96 valence electrons. The minimum Gasteiger partial charge on any atom is -0.502 e. The zero-order valence-electron chi connectivity index (χ0n) is 11.5. The second-order valence-electron chi connectivity index (χ2n) is 6.02. The first-order chi connectivity index (χ1) is 8.97. The van der Waals surface area contributed by atoms with Gasteiger partial charge in [-0.1, -0.05) is 39.0 Å². The van der Waals surface area contributed by atoms with E-state index in [1.54, 1.807) is 6.20 Å². The quantitative estimate of drug-likeness (QED) is 0.480. The lowest BCUT2D eigenvalue weighted by molar-refractivity contribution is -0.511. The van der Waals surface area contributed by atoms with Gasteiger partial charge in [0.15, 0.2) is 11.9 Å². The Bertz CT molecular complexity index is 769. The van der Waals surface area contributed by atoms with Crippen LogP contribution in [0.4, 0.5) is 0 Å². The summed E-state index contributed by atoms with van der Waals surface area (Å²) in [5, 5.41) is 12.1. The molecule has 0 amide bonds. The van der Waals surface area contributed by atoms with Crippen LogP contribution in [0.15, 0.2) is 48.8 Å². The molecule has 0 aliphatic heterocycles. The van der Waals surface area contributed by atoms with E-state index in [4.69, 9.17) is 0 Å². The maximum Gasteiger partial charge on any atom is 0.219 e. The second-order valence-corrected chi connectivity index (χ2v) is 6.02. The number of benzene rings is 1. The third-order valence-electron chi connectivity index (χ3n) is 3.59. The summed E-state index contributed by atoms with van der Waals surface area (Å²) in [7, 11) is 0. The minimum atomic E-state index is 0.119. The normalized spacial score (nSPS) is 12.2. The van der Waals surface area contributed by atoms with E-state index in [0.29, 0.717) is 5.75 Å². The van der Waals surface area contributed by atoms with Crippen molar-refractivity contribution < 1.29 is 9.51 Å². The van der Waals surface area contributed by atoms with Gasteiger partial charge in [-0.15, -0.1) is 0 Å². The number of aromatic nitrogens is 1. The Kier molecular flexibility index (Phi) is 2.49. The monoisotopic (exact) mass is 252 g/mol. The standard InChI is InChI=1S/C17H17NO/c1-17(2,3)12-8-9-18-11-16(19)14-7-5-4-6-13(14)15(18)10-12/h4-11H,1-3H3/p+1. The Labute approximate surface area is 112 Å². The zero-order valence-corrected chi connectivity index (χ0v) is 11.5. The summed E-state index contributed by atoms with van der Waals surface area (Å²) < 4.78 is 1.98. The van der Waals surface area contributed by atoms with Crippen LogP contribution in [0.3, 0.4) is 0 Å². The van der Waals surface area contributed by atoms with Crippen molar-refractivity contribution in [3.8, 4) is 5.75 Å². The van der Waals surface area contributed by atoms with Gasteiger partial charge in [0.1, 0.15) is 0 Å². The first-order valence-corrected chi connectivity index (χ1v) is 6.53. The Morgan fingerprint density at radius 1 is 1.00 bits per heavy atom. The van der Waals surface area contributed by atoms with Crippen molar-refractivity contribution in [2.45, 2.75) is 26.2 Å². The molecule has 0 saturated carbocycles. The smallest absolute Gasteiger partial charge is 0.219 e. The molecule has 0 spiro atoms. The van der Waals surface area contributed by atoms with Crippen molar-refractivity contribution in [1.82, 2.24) is 0 Å². The van der Waals surface area contributed by atoms with Gasteiger partial charge in [0.2, 0.25) is 11.7 Å². The number of fused-ring (bicyclic) bond motifs is 3. The van der Waals surface area contributed by atoms with Crippen LogP contribution in [-0.2, 0) is 5.41 Å². The van der Waals surface area contributed by atoms with Gasteiger partial charge in [0, 0.05) is 17.5 Å². The highest BCUT2D eigenvalue weighted by Crippen LogP contribution is 2.28.